The Hall–Kier alpha value is -0.900. The lowest BCUT2D eigenvalue weighted by atomic mass is 9.97. The minimum atomic E-state index is -0.316. The quantitative estimate of drug-likeness (QED) is 0.749. The van der Waals surface area contributed by atoms with Crippen molar-refractivity contribution in [1.82, 2.24) is 10.2 Å². The number of hydrogen-bond donors (Lipinski definition) is 1. The molecule has 2 fully saturated rings. The fourth-order valence-electron chi connectivity index (χ4n) is 3.17. The molecule has 0 aromatic heterocycles. The van der Waals surface area contributed by atoms with Crippen molar-refractivity contribution >= 4 is 11.8 Å². The molecule has 0 spiro atoms. The van der Waals surface area contributed by atoms with Gasteiger partial charge in [-0.15, -0.1) is 0 Å². The Balaban J connectivity index is 2.05. The highest BCUT2D eigenvalue weighted by atomic mass is 16.2. The minimum absolute atomic E-state index is 0.0113. The molecule has 1 aliphatic carbocycles. The van der Waals surface area contributed by atoms with Crippen LogP contribution < -0.4 is 5.32 Å². The van der Waals surface area contributed by atoms with Gasteiger partial charge in [0.1, 0.15) is 0 Å². The Kier molecular flexibility index (Phi) is 4.00. The van der Waals surface area contributed by atoms with Crippen molar-refractivity contribution in [2.24, 2.45) is 5.92 Å². The van der Waals surface area contributed by atoms with Crippen molar-refractivity contribution in [3.63, 3.8) is 0 Å². The maximum atomic E-state index is 12.4. The highest BCUT2D eigenvalue weighted by Gasteiger charge is 2.46. The van der Waals surface area contributed by atoms with Crippen LogP contribution in [0.3, 0.4) is 0 Å². The average Bonchev–Trinajstić information content (AvgIpc) is 3.14. The normalized spacial score (nSPS) is 24.7. The summed E-state index contributed by atoms with van der Waals surface area (Å²) in [5.74, 6) is 0.618. The van der Waals surface area contributed by atoms with Crippen molar-refractivity contribution in [2.75, 3.05) is 0 Å². The van der Waals surface area contributed by atoms with E-state index >= 15 is 0 Å². The Labute approximate surface area is 115 Å². The van der Waals surface area contributed by atoms with Gasteiger partial charge >= 0.3 is 0 Å². The lowest BCUT2D eigenvalue weighted by Crippen LogP contribution is -2.51. The summed E-state index contributed by atoms with van der Waals surface area (Å²) in [5.41, 5.74) is -0.0372. The summed E-state index contributed by atoms with van der Waals surface area (Å²) in [7, 11) is 0. The van der Waals surface area contributed by atoms with Crippen LogP contribution in [-0.2, 0) is 9.59 Å². The van der Waals surface area contributed by atoms with E-state index in [0.29, 0.717) is 12.3 Å². The summed E-state index contributed by atoms with van der Waals surface area (Å²) >= 11 is 0. The SMILES string of the molecule is CCC(CC)N1C(=O)CC(NC(C)(C)C2CC2)C1=O. The van der Waals surface area contributed by atoms with Gasteiger partial charge in [0.05, 0.1) is 12.5 Å². The van der Waals surface area contributed by atoms with Crippen LogP contribution in [0.15, 0.2) is 0 Å². The third-order valence-corrected chi connectivity index (χ3v) is 4.63. The number of nitrogens with zero attached hydrogens (tertiary/aromatic N) is 1. The van der Waals surface area contributed by atoms with Crippen LogP contribution in [0.5, 0.6) is 0 Å². The maximum absolute atomic E-state index is 12.4. The first-order valence-corrected chi connectivity index (χ1v) is 7.54. The first-order valence-electron chi connectivity index (χ1n) is 7.54. The van der Waals surface area contributed by atoms with E-state index in [1.54, 1.807) is 0 Å². The van der Waals surface area contributed by atoms with Crippen LogP contribution in [0, 0.1) is 5.92 Å². The van der Waals surface area contributed by atoms with Gasteiger partial charge in [-0.05, 0) is 45.4 Å². The predicted octanol–water partition coefficient (Wildman–Crippen LogP) is 2.08. The maximum Gasteiger partial charge on any atom is 0.247 e. The van der Waals surface area contributed by atoms with Crippen LogP contribution in [0.4, 0.5) is 0 Å². The molecule has 0 radical (unpaired) electrons. The van der Waals surface area contributed by atoms with Gasteiger partial charge in [0.2, 0.25) is 11.8 Å². The second-order valence-corrected chi connectivity index (χ2v) is 6.47. The predicted molar refractivity (Wildman–Crippen MR) is 74.6 cm³/mol. The molecule has 4 nitrogen and oxygen atoms in total. The molecule has 108 valence electrons. The molecular weight excluding hydrogens is 240 g/mol. The number of hydrogen-bond acceptors (Lipinski definition) is 3. The van der Waals surface area contributed by atoms with Crippen molar-refractivity contribution in [1.29, 1.82) is 0 Å². The topological polar surface area (TPSA) is 49.4 Å². The molecule has 2 amide bonds. The Morgan fingerprint density at radius 3 is 2.32 bits per heavy atom. The molecule has 0 aromatic rings. The van der Waals surface area contributed by atoms with Crippen molar-refractivity contribution in [3.8, 4) is 0 Å². The Bertz CT molecular complexity index is 370. The molecule has 1 saturated heterocycles. The fourth-order valence-corrected chi connectivity index (χ4v) is 3.17. The average molecular weight is 266 g/mol. The number of imide groups is 1. The molecule has 0 aromatic carbocycles. The van der Waals surface area contributed by atoms with Crippen LogP contribution in [0.2, 0.25) is 0 Å². The van der Waals surface area contributed by atoms with Crippen LogP contribution in [0.1, 0.15) is 59.8 Å². The van der Waals surface area contributed by atoms with Crippen molar-refractivity contribution < 1.29 is 9.59 Å². The zero-order chi connectivity index (χ0) is 14.2. The monoisotopic (exact) mass is 266 g/mol. The number of carbonyl (C=O) groups excluding carboxylic acids is 2. The summed E-state index contributed by atoms with van der Waals surface area (Å²) in [6.45, 7) is 8.34. The standard InChI is InChI=1S/C15H26N2O2/c1-5-11(6-2)17-13(18)9-12(14(17)19)16-15(3,4)10-7-8-10/h10-12,16H,5-9H2,1-4H3. The van der Waals surface area contributed by atoms with Gasteiger partial charge in [-0.25, -0.2) is 0 Å². The first kappa shape index (κ1) is 14.5. The summed E-state index contributed by atoms with van der Waals surface area (Å²) in [5, 5.41) is 3.42. The first-order chi connectivity index (χ1) is 8.90. The van der Waals surface area contributed by atoms with E-state index < -0.39 is 0 Å². The second kappa shape index (κ2) is 5.23. The smallest absolute Gasteiger partial charge is 0.247 e. The zero-order valence-electron chi connectivity index (χ0n) is 12.5. The highest BCUT2D eigenvalue weighted by molar-refractivity contribution is 6.05. The zero-order valence-corrected chi connectivity index (χ0v) is 12.5. The minimum Gasteiger partial charge on any atom is -0.300 e. The van der Waals surface area contributed by atoms with E-state index in [4.69, 9.17) is 0 Å². The molecule has 1 saturated carbocycles. The highest BCUT2D eigenvalue weighted by Crippen LogP contribution is 2.40. The summed E-state index contributed by atoms with van der Waals surface area (Å²) in [6, 6.07) is -0.250. The third kappa shape index (κ3) is 2.83. The molecule has 1 unspecified atom stereocenters. The van der Waals surface area contributed by atoms with Gasteiger partial charge in [0.25, 0.3) is 0 Å². The van der Waals surface area contributed by atoms with Gasteiger partial charge in [0, 0.05) is 11.6 Å². The lowest BCUT2D eigenvalue weighted by molar-refractivity contribution is -0.141. The van der Waals surface area contributed by atoms with Crippen molar-refractivity contribution in [3.05, 3.63) is 0 Å². The van der Waals surface area contributed by atoms with E-state index in [9.17, 15) is 9.59 Å². The number of amides is 2. The van der Waals surface area contributed by atoms with Gasteiger partial charge in [0.15, 0.2) is 0 Å². The molecular formula is C15H26N2O2. The number of nitrogens with one attached hydrogen (secondary N) is 1. The molecule has 4 heteroatoms. The lowest BCUT2D eigenvalue weighted by Gasteiger charge is -2.30. The van der Waals surface area contributed by atoms with Crippen molar-refractivity contribution in [2.45, 2.75) is 77.4 Å². The van der Waals surface area contributed by atoms with E-state index in [1.807, 2.05) is 13.8 Å². The molecule has 1 aliphatic heterocycles. The van der Waals surface area contributed by atoms with Gasteiger partial charge in [-0.2, -0.15) is 0 Å². The number of carbonyl (C=O) groups is 2. The molecule has 2 rings (SSSR count). The molecule has 1 atom stereocenters. The van der Waals surface area contributed by atoms with Crippen LogP contribution in [-0.4, -0.2) is 34.3 Å². The molecule has 19 heavy (non-hydrogen) atoms. The van der Waals surface area contributed by atoms with Gasteiger partial charge in [-0.3, -0.25) is 14.5 Å². The fraction of sp³-hybridized carbons (Fsp3) is 0.867. The van der Waals surface area contributed by atoms with Crippen LogP contribution >= 0.6 is 0 Å². The molecule has 0 bridgehead atoms. The molecule has 1 N–H and O–H groups in total. The second-order valence-electron chi connectivity index (χ2n) is 6.47. The largest absolute Gasteiger partial charge is 0.300 e. The Morgan fingerprint density at radius 1 is 1.26 bits per heavy atom. The number of likely N-dealkylation sites (tertiary alicyclic amines) is 1. The van der Waals surface area contributed by atoms with E-state index in [1.165, 1.54) is 17.7 Å². The van der Waals surface area contributed by atoms with E-state index in [2.05, 4.69) is 19.2 Å². The number of rotatable bonds is 6. The molecule has 1 heterocycles. The summed E-state index contributed by atoms with van der Waals surface area (Å²) in [4.78, 5) is 26.0. The Morgan fingerprint density at radius 2 is 1.84 bits per heavy atom. The van der Waals surface area contributed by atoms with Crippen LogP contribution in [0.25, 0.3) is 0 Å². The summed E-state index contributed by atoms with van der Waals surface area (Å²) in [6.07, 6.45) is 4.46. The molecule has 2 aliphatic rings. The van der Waals surface area contributed by atoms with E-state index in [-0.39, 0.29) is 29.4 Å². The van der Waals surface area contributed by atoms with E-state index in [0.717, 1.165) is 12.8 Å². The summed E-state index contributed by atoms with van der Waals surface area (Å²) < 4.78 is 0. The third-order valence-electron chi connectivity index (χ3n) is 4.63. The van der Waals surface area contributed by atoms with Gasteiger partial charge in [-0.1, -0.05) is 13.8 Å². The van der Waals surface area contributed by atoms with Gasteiger partial charge < -0.3 is 5.32 Å².